The molecule has 0 amide bonds. The zero-order valence-corrected chi connectivity index (χ0v) is 7.83. The lowest BCUT2D eigenvalue weighted by atomic mass is 10.4. The van der Waals surface area contributed by atoms with Crippen LogP contribution in [0.4, 0.5) is 0 Å². The average molecular weight is 193 g/mol. The van der Waals surface area contributed by atoms with Crippen LogP contribution in [-0.4, -0.2) is 28.7 Å². The van der Waals surface area contributed by atoms with Gasteiger partial charge in [-0.2, -0.15) is 0 Å². The number of ether oxygens (including phenoxy) is 1. The van der Waals surface area contributed by atoms with Crippen molar-refractivity contribution in [2.45, 2.75) is 6.42 Å². The second-order valence-corrected chi connectivity index (χ2v) is 2.99. The van der Waals surface area contributed by atoms with Crippen LogP contribution in [-0.2, 0) is 11.2 Å². The van der Waals surface area contributed by atoms with Gasteiger partial charge in [-0.1, -0.05) is 0 Å². The van der Waals surface area contributed by atoms with Crippen molar-refractivity contribution >= 4 is 11.0 Å². The van der Waals surface area contributed by atoms with Crippen molar-refractivity contribution in [2.24, 2.45) is 0 Å². The Morgan fingerprint density at radius 3 is 3.21 bits per heavy atom. The molecule has 0 fully saturated rings. The smallest absolute Gasteiger partial charge is 0.275 e. The highest BCUT2D eigenvalue weighted by molar-refractivity contribution is 5.73. The van der Waals surface area contributed by atoms with E-state index in [4.69, 9.17) is 4.74 Å². The van der Waals surface area contributed by atoms with Crippen molar-refractivity contribution in [2.75, 3.05) is 13.7 Å². The molecule has 0 spiro atoms. The van der Waals surface area contributed by atoms with E-state index in [1.165, 1.54) is 0 Å². The van der Waals surface area contributed by atoms with E-state index in [-0.39, 0.29) is 5.56 Å². The summed E-state index contributed by atoms with van der Waals surface area (Å²) in [6.07, 6.45) is 2.32. The van der Waals surface area contributed by atoms with Crippen LogP contribution in [0.2, 0.25) is 0 Å². The molecule has 2 N–H and O–H groups in total. The summed E-state index contributed by atoms with van der Waals surface area (Å²) in [7, 11) is 1.62. The first-order chi connectivity index (χ1) is 6.81. The first-order valence-corrected chi connectivity index (χ1v) is 4.36. The number of nitrogens with zero attached hydrogens (tertiary/aromatic N) is 1. The molecule has 74 valence electrons. The number of rotatable bonds is 3. The predicted molar refractivity (Wildman–Crippen MR) is 52.3 cm³/mol. The molecule has 2 rings (SSSR count). The number of hydrogen-bond acceptors (Lipinski definition) is 3. The Kier molecular flexibility index (Phi) is 2.32. The zero-order valence-electron chi connectivity index (χ0n) is 7.83. The third-order valence-electron chi connectivity index (χ3n) is 2.01. The molecule has 0 unspecified atom stereocenters. The molecule has 0 aliphatic rings. The largest absolute Gasteiger partial charge is 0.384 e. The highest BCUT2D eigenvalue weighted by Crippen LogP contribution is 2.03. The average Bonchev–Trinajstić information content (AvgIpc) is 2.63. The van der Waals surface area contributed by atoms with Crippen LogP contribution in [0.5, 0.6) is 0 Å². The predicted octanol–water partition coefficient (Wildman–Crippen LogP) is 0.440. The van der Waals surface area contributed by atoms with Crippen LogP contribution < -0.4 is 5.56 Å². The summed E-state index contributed by atoms with van der Waals surface area (Å²) in [5.41, 5.74) is 1.08. The van der Waals surface area contributed by atoms with Crippen LogP contribution in [0.25, 0.3) is 11.0 Å². The summed E-state index contributed by atoms with van der Waals surface area (Å²) in [4.78, 5) is 21.2. The van der Waals surface area contributed by atoms with Gasteiger partial charge in [0.2, 0.25) is 0 Å². The van der Waals surface area contributed by atoms with Gasteiger partial charge < -0.3 is 14.7 Å². The summed E-state index contributed by atoms with van der Waals surface area (Å²) in [6.45, 7) is 0.554. The molecule has 5 nitrogen and oxygen atoms in total. The minimum atomic E-state index is -0.133. The number of fused-ring (bicyclic) bond motifs is 1. The number of methoxy groups -OCH3 is 1. The Balaban J connectivity index is 2.43. The van der Waals surface area contributed by atoms with Crippen molar-refractivity contribution in [1.29, 1.82) is 0 Å². The molecule has 2 aromatic rings. The second kappa shape index (κ2) is 3.63. The topological polar surface area (TPSA) is 70.8 Å². The second-order valence-electron chi connectivity index (χ2n) is 2.99. The molecular formula is C9H11N3O2. The summed E-state index contributed by atoms with van der Waals surface area (Å²) in [5.74, 6) is 0.656. The van der Waals surface area contributed by atoms with Gasteiger partial charge in [0.15, 0.2) is 0 Å². The first-order valence-electron chi connectivity index (χ1n) is 4.36. The minimum absolute atomic E-state index is 0.133. The molecule has 14 heavy (non-hydrogen) atoms. The van der Waals surface area contributed by atoms with Gasteiger partial charge in [-0.15, -0.1) is 0 Å². The lowest BCUT2D eigenvalue weighted by Crippen LogP contribution is -2.12. The molecule has 0 aliphatic carbocycles. The summed E-state index contributed by atoms with van der Waals surface area (Å²) < 4.78 is 4.91. The van der Waals surface area contributed by atoms with E-state index in [0.29, 0.717) is 29.9 Å². The van der Waals surface area contributed by atoms with E-state index in [0.717, 1.165) is 0 Å². The third kappa shape index (κ3) is 1.54. The summed E-state index contributed by atoms with van der Waals surface area (Å²) in [6, 6.07) is 1.78. The van der Waals surface area contributed by atoms with Gasteiger partial charge >= 0.3 is 0 Å². The molecule has 0 aromatic carbocycles. The summed E-state index contributed by atoms with van der Waals surface area (Å²) >= 11 is 0. The molecule has 2 aromatic heterocycles. The quantitative estimate of drug-likeness (QED) is 0.743. The Bertz CT molecular complexity index is 486. The Hall–Kier alpha value is -1.62. The van der Waals surface area contributed by atoms with Gasteiger partial charge in [0.25, 0.3) is 5.56 Å². The van der Waals surface area contributed by atoms with Crippen molar-refractivity contribution < 1.29 is 4.74 Å². The van der Waals surface area contributed by atoms with Gasteiger partial charge in [0.1, 0.15) is 11.3 Å². The maximum absolute atomic E-state index is 11.5. The highest BCUT2D eigenvalue weighted by atomic mass is 16.5. The molecule has 0 bridgehead atoms. The van der Waals surface area contributed by atoms with Gasteiger partial charge in [-0.05, 0) is 6.07 Å². The number of nitrogens with one attached hydrogen (secondary N) is 2. The monoisotopic (exact) mass is 193 g/mol. The summed E-state index contributed by atoms with van der Waals surface area (Å²) in [5, 5.41) is 0. The Morgan fingerprint density at radius 2 is 2.43 bits per heavy atom. The molecule has 5 heteroatoms. The Morgan fingerprint density at radius 1 is 1.57 bits per heavy atom. The first kappa shape index (κ1) is 8.96. The molecule has 0 saturated heterocycles. The molecule has 2 heterocycles. The number of aromatic amines is 2. The van der Waals surface area contributed by atoms with Crippen molar-refractivity contribution in [3.05, 3.63) is 28.4 Å². The zero-order chi connectivity index (χ0) is 9.97. The maximum Gasteiger partial charge on any atom is 0.275 e. The fourth-order valence-electron chi connectivity index (χ4n) is 1.32. The lowest BCUT2D eigenvalue weighted by molar-refractivity contribution is 0.200. The van der Waals surface area contributed by atoms with Crippen LogP contribution >= 0.6 is 0 Å². The van der Waals surface area contributed by atoms with Gasteiger partial charge in [0, 0.05) is 19.7 Å². The van der Waals surface area contributed by atoms with Crippen molar-refractivity contribution in [3.8, 4) is 0 Å². The van der Waals surface area contributed by atoms with Crippen molar-refractivity contribution in [1.82, 2.24) is 15.0 Å². The van der Waals surface area contributed by atoms with Gasteiger partial charge in [-0.3, -0.25) is 4.79 Å². The molecule has 0 atom stereocenters. The number of hydrogen-bond donors (Lipinski definition) is 2. The maximum atomic E-state index is 11.5. The van der Waals surface area contributed by atoms with E-state index < -0.39 is 0 Å². The normalized spacial score (nSPS) is 10.9. The minimum Gasteiger partial charge on any atom is -0.384 e. The standard InChI is InChI=1S/C9H11N3O2/c1-14-5-3-7-11-6-2-4-10-8(6)9(13)12-7/h2,4,10H,3,5H2,1H3,(H,11,12,13). The molecule has 0 radical (unpaired) electrons. The Labute approximate surface area is 80.1 Å². The van der Waals surface area contributed by atoms with E-state index in [1.807, 2.05) is 0 Å². The number of aromatic nitrogens is 3. The van der Waals surface area contributed by atoms with E-state index in [1.54, 1.807) is 19.4 Å². The lowest BCUT2D eigenvalue weighted by Gasteiger charge is -1.99. The van der Waals surface area contributed by atoms with Gasteiger partial charge in [-0.25, -0.2) is 4.98 Å². The van der Waals surface area contributed by atoms with Crippen LogP contribution in [0, 0.1) is 0 Å². The molecule has 0 saturated carbocycles. The third-order valence-corrected chi connectivity index (χ3v) is 2.01. The molecule has 0 aliphatic heterocycles. The van der Waals surface area contributed by atoms with Crippen LogP contribution in [0.1, 0.15) is 5.82 Å². The fraction of sp³-hybridized carbons (Fsp3) is 0.333. The molecular weight excluding hydrogens is 182 g/mol. The van der Waals surface area contributed by atoms with Crippen LogP contribution in [0.3, 0.4) is 0 Å². The van der Waals surface area contributed by atoms with Crippen molar-refractivity contribution in [3.63, 3.8) is 0 Å². The van der Waals surface area contributed by atoms with E-state index in [9.17, 15) is 4.79 Å². The SMILES string of the molecule is COCCc1nc2cc[nH]c2c(=O)[nH]1. The van der Waals surface area contributed by atoms with E-state index >= 15 is 0 Å². The highest BCUT2D eigenvalue weighted by Gasteiger charge is 2.03. The van der Waals surface area contributed by atoms with Crippen LogP contribution in [0.15, 0.2) is 17.1 Å². The fourth-order valence-corrected chi connectivity index (χ4v) is 1.32. The number of H-pyrrole nitrogens is 2. The van der Waals surface area contributed by atoms with Gasteiger partial charge in [0.05, 0.1) is 12.1 Å². The van der Waals surface area contributed by atoms with E-state index in [2.05, 4.69) is 15.0 Å².